The molecule has 2 aliphatic heterocycles. The number of fused-ring (bicyclic) bond motifs is 5. The molecule has 2 aromatic carbocycles. The van der Waals surface area contributed by atoms with Gasteiger partial charge in [0.25, 0.3) is 11.8 Å². The minimum absolute atomic E-state index is 0.0248. The fourth-order valence-electron chi connectivity index (χ4n) is 4.66. The number of rotatable bonds is 3. The number of likely N-dealkylation sites (N-methyl/N-ethyl adjacent to an activating group) is 1. The highest BCUT2D eigenvalue weighted by atomic mass is 16.3. The van der Waals surface area contributed by atoms with Gasteiger partial charge in [0.2, 0.25) is 5.76 Å². The lowest BCUT2D eigenvalue weighted by Gasteiger charge is -2.33. The van der Waals surface area contributed by atoms with Crippen molar-refractivity contribution in [3.63, 3.8) is 0 Å². The topological polar surface area (TPSA) is 70.8 Å². The predicted octanol–water partition coefficient (Wildman–Crippen LogP) is 3.27. The maximum absolute atomic E-state index is 13.7. The van der Waals surface area contributed by atoms with Crippen LogP contribution in [0.25, 0.3) is 11.0 Å². The smallest absolute Gasteiger partial charge is 0.291 e. The fraction of sp³-hybridized carbons (Fsp3) is 0.261. The van der Waals surface area contributed by atoms with Gasteiger partial charge in [0.15, 0.2) is 11.0 Å². The molecule has 0 aliphatic carbocycles. The van der Waals surface area contributed by atoms with Gasteiger partial charge in [-0.1, -0.05) is 43.7 Å². The molecular weight excluding hydrogens is 368 g/mol. The maximum Gasteiger partial charge on any atom is 0.291 e. The summed E-state index contributed by atoms with van der Waals surface area (Å²) in [7, 11) is 1.68. The van der Waals surface area contributed by atoms with Gasteiger partial charge in [-0.15, -0.1) is 0 Å². The van der Waals surface area contributed by atoms with Crippen LogP contribution >= 0.6 is 0 Å². The average molecular weight is 388 g/mol. The van der Waals surface area contributed by atoms with E-state index in [4.69, 9.17) is 4.42 Å². The van der Waals surface area contributed by atoms with Gasteiger partial charge in [0.1, 0.15) is 5.58 Å². The first-order valence-electron chi connectivity index (χ1n) is 9.79. The van der Waals surface area contributed by atoms with Crippen LogP contribution in [0.2, 0.25) is 0 Å². The molecule has 2 aliphatic rings. The number of unbranched alkanes of at least 4 members (excludes halogenated alkanes) is 1. The molecule has 3 heterocycles. The lowest BCUT2D eigenvalue weighted by Crippen LogP contribution is -2.53. The Hall–Kier alpha value is -3.41. The van der Waals surface area contributed by atoms with Crippen LogP contribution in [-0.2, 0) is 10.3 Å². The Bertz CT molecular complexity index is 1250. The summed E-state index contributed by atoms with van der Waals surface area (Å²) in [4.78, 5) is 43.8. The Labute approximate surface area is 167 Å². The van der Waals surface area contributed by atoms with Crippen LogP contribution in [-0.4, -0.2) is 30.3 Å². The van der Waals surface area contributed by atoms with Gasteiger partial charge in [0.05, 0.1) is 10.9 Å². The summed E-state index contributed by atoms with van der Waals surface area (Å²) in [6, 6.07) is 14.2. The van der Waals surface area contributed by atoms with E-state index in [1.165, 1.54) is 9.80 Å². The molecule has 1 spiro atoms. The van der Waals surface area contributed by atoms with Crippen LogP contribution in [0.15, 0.2) is 57.7 Å². The Morgan fingerprint density at radius 3 is 2.52 bits per heavy atom. The molecule has 0 fully saturated rings. The third-order valence-corrected chi connectivity index (χ3v) is 6.01. The quantitative estimate of drug-likeness (QED) is 0.690. The van der Waals surface area contributed by atoms with Gasteiger partial charge in [-0.3, -0.25) is 14.4 Å². The zero-order valence-electron chi connectivity index (χ0n) is 16.3. The van der Waals surface area contributed by atoms with E-state index in [2.05, 4.69) is 0 Å². The van der Waals surface area contributed by atoms with Crippen molar-refractivity contribution in [3.8, 4) is 0 Å². The fourth-order valence-corrected chi connectivity index (χ4v) is 4.66. The normalized spacial score (nSPS) is 20.1. The van der Waals surface area contributed by atoms with Crippen LogP contribution in [0.1, 0.15) is 41.4 Å². The second-order valence-corrected chi connectivity index (χ2v) is 7.53. The zero-order valence-corrected chi connectivity index (χ0v) is 16.3. The summed E-state index contributed by atoms with van der Waals surface area (Å²) in [5.41, 5.74) is 0.0405. The van der Waals surface area contributed by atoms with Crippen molar-refractivity contribution < 1.29 is 14.0 Å². The van der Waals surface area contributed by atoms with Gasteiger partial charge in [0, 0.05) is 24.8 Å². The van der Waals surface area contributed by atoms with Crippen molar-refractivity contribution in [1.29, 1.82) is 0 Å². The van der Waals surface area contributed by atoms with E-state index in [0.717, 1.165) is 6.42 Å². The first kappa shape index (κ1) is 17.7. The number of carbonyl (C=O) groups excluding carboxylic acids is 2. The molecule has 0 saturated carbocycles. The van der Waals surface area contributed by atoms with Gasteiger partial charge in [-0.2, -0.15) is 0 Å². The van der Waals surface area contributed by atoms with Crippen molar-refractivity contribution >= 4 is 28.5 Å². The second-order valence-electron chi connectivity index (χ2n) is 7.53. The minimum atomic E-state index is -1.47. The van der Waals surface area contributed by atoms with Crippen LogP contribution in [0.5, 0.6) is 0 Å². The largest absolute Gasteiger partial charge is 0.450 e. The molecule has 1 aromatic heterocycles. The summed E-state index contributed by atoms with van der Waals surface area (Å²) in [6.07, 6.45) is 1.57. The van der Waals surface area contributed by atoms with E-state index in [1.54, 1.807) is 31.3 Å². The van der Waals surface area contributed by atoms with E-state index >= 15 is 0 Å². The Morgan fingerprint density at radius 2 is 1.72 bits per heavy atom. The van der Waals surface area contributed by atoms with Crippen molar-refractivity contribution in [2.45, 2.75) is 25.3 Å². The highest BCUT2D eigenvalue weighted by Gasteiger charge is 2.64. The maximum atomic E-state index is 13.7. The lowest BCUT2D eigenvalue weighted by molar-refractivity contribution is -0.125. The number of anilines is 1. The first-order valence-corrected chi connectivity index (χ1v) is 9.79. The summed E-state index contributed by atoms with van der Waals surface area (Å²) >= 11 is 0. The number of carbonyl (C=O) groups is 2. The van der Waals surface area contributed by atoms with Crippen LogP contribution in [0, 0.1) is 0 Å². The first-order chi connectivity index (χ1) is 14.0. The SMILES string of the molecule is CCCCN1C(=O)c2oc3ccccc3c(=O)c2[C@@]12C(=O)N(C)c1ccccc12. The Morgan fingerprint density at radius 1 is 1.00 bits per heavy atom. The molecule has 146 valence electrons. The molecule has 3 aromatic rings. The molecule has 0 bridgehead atoms. The number of hydrogen-bond acceptors (Lipinski definition) is 4. The van der Waals surface area contributed by atoms with Crippen molar-refractivity contribution in [3.05, 3.63) is 75.6 Å². The number of hydrogen-bond donors (Lipinski definition) is 0. The summed E-state index contributed by atoms with van der Waals surface area (Å²) in [5, 5.41) is 0.371. The van der Waals surface area contributed by atoms with E-state index in [1.807, 2.05) is 31.2 Å². The van der Waals surface area contributed by atoms with E-state index in [9.17, 15) is 14.4 Å². The van der Waals surface area contributed by atoms with Gasteiger partial charge in [-0.05, 0) is 24.6 Å². The van der Waals surface area contributed by atoms with Crippen molar-refractivity contribution in [2.24, 2.45) is 0 Å². The molecule has 2 amide bonds. The van der Waals surface area contributed by atoms with Crippen LogP contribution in [0.3, 0.4) is 0 Å². The average Bonchev–Trinajstić information content (AvgIpc) is 3.12. The molecule has 6 nitrogen and oxygen atoms in total. The molecule has 1 atom stereocenters. The zero-order chi connectivity index (χ0) is 20.3. The van der Waals surface area contributed by atoms with Gasteiger partial charge in [-0.25, -0.2) is 0 Å². The predicted molar refractivity (Wildman–Crippen MR) is 109 cm³/mol. The third-order valence-electron chi connectivity index (χ3n) is 6.01. The van der Waals surface area contributed by atoms with Crippen LogP contribution in [0.4, 0.5) is 5.69 Å². The Kier molecular flexibility index (Phi) is 3.68. The number of nitrogens with zero attached hydrogens (tertiary/aromatic N) is 2. The van der Waals surface area contributed by atoms with E-state index in [0.29, 0.717) is 35.2 Å². The summed E-state index contributed by atoms with van der Waals surface area (Å²) in [5.74, 6) is -0.734. The number of para-hydroxylation sites is 2. The number of amides is 2. The molecular formula is C23H20N2O4. The molecule has 0 saturated heterocycles. The third kappa shape index (κ3) is 2.03. The molecule has 6 heteroatoms. The highest BCUT2D eigenvalue weighted by Crippen LogP contribution is 2.52. The Balaban J connectivity index is 1.93. The second kappa shape index (κ2) is 6.04. The van der Waals surface area contributed by atoms with Crippen LogP contribution < -0.4 is 10.3 Å². The monoisotopic (exact) mass is 388 g/mol. The van der Waals surface area contributed by atoms with Crippen molar-refractivity contribution in [2.75, 3.05) is 18.5 Å². The summed E-state index contributed by atoms with van der Waals surface area (Å²) < 4.78 is 5.93. The van der Waals surface area contributed by atoms with E-state index < -0.39 is 11.4 Å². The molecule has 5 rings (SSSR count). The lowest BCUT2D eigenvalue weighted by atomic mass is 9.84. The molecule has 0 radical (unpaired) electrons. The summed E-state index contributed by atoms with van der Waals surface area (Å²) in [6.45, 7) is 2.39. The highest BCUT2D eigenvalue weighted by molar-refractivity contribution is 6.16. The minimum Gasteiger partial charge on any atom is -0.450 e. The molecule has 0 N–H and O–H groups in total. The van der Waals surface area contributed by atoms with E-state index in [-0.39, 0.29) is 22.7 Å². The van der Waals surface area contributed by atoms with Crippen molar-refractivity contribution in [1.82, 2.24) is 4.90 Å². The van der Waals surface area contributed by atoms with Gasteiger partial charge < -0.3 is 14.2 Å². The standard InChI is InChI=1S/C23H20N2O4/c1-3-4-13-25-21(27)20-18(19(26)14-9-5-8-12-17(14)29-20)23(25)15-10-6-7-11-16(15)24(2)22(23)28/h5-12H,3-4,13H2,1-2H3/t23-/m0/s1. The molecule has 29 heavy (non-hydrogen) atoms. The van der Waals surface area contributed by atoms with Gasteiger partial charge >= 0.3 is 0 Å². The molecule has 0 unspecified atom stereocenters. The number of benzene rings is 2.